The van der Waals surface area contributed by atoms with Crippen molar-refractivity contribution in [1.82, 2.24) is 14.2 Å². The summed E-state index contributed by atoms with van der Waals surface area (Å²) in [5, 5.41) is 45.7. The zero-order valence-electron chi connectivity index (χ0n) is 32.2. The Morgan fingerprint density at radius 1 is 0.789 bits per heavy atom. The molecular formula is C32H47N8O14P3. The van der Waals surface area contributed by atoms with E-state index in [4.69, 9.17) is 66.7 Å². The third-order valence-corrected chi connectivity index (χ3v) is 12.5. The molecule has 1 aromatic heterocycles. The van der Waals surface area contributed by atoms with Gasteiger partial charge in [0.25, 0.3) is 14.1 Å². The van der Waals surface area contributed by atoms with Crippen molar-refractivity contribution in [2.75, 3.05) is 53.4 Å². The molecule has 314 valence electrons. The first-order valence-electron chi connectivity index (χ1n) is 17.5. The van der Waals surface area contributed by atoms with E-state index in [1.807, 2.05) is 62.7 Å². The van der Waals surface area contributed by atoms with Crippen molar-refractivity contribution in [1.29, 1.82) is 26.3 Å². The van der Waals surface area contributed by atoms with E-state index in [1.165, 1.54) is 7.11 Å². The van der Waals surface area contributed by atoms with E-state index in [2.05, 4.69) is 4.98 Å². The average molecular weight is 861 g/mol. The zero-order valence-corrected chi connectivity index (χ0v) is 34.9. The van der Waals surface area contributed by atoms with Gasteiger partial charge < -0.3 is 18.5 Å². The van der Waals surface area contributed by atoms with Crippen LogP contribution in [0.1, 0.15) is 66.0 Å². The lowest BCUT2D eigenvalue weighted by atomic mass is 9.97. The molecule has 1 aromatic rings. The Morgan fingerprint density at radius 2 is 1.23 bits per heavy atom. The average Bonchev–Trinajstić information content (AvgIpc) is 3.46. The number of hydrogen-bond donors (Lipinski definition) is 1. The van der Waals surface area contributed by atoms with E-state index in [0.717, 1.165) is 16.8 Å². The Morgan fingerprint density at radius 3 is 1.61 bits per heavy atom. The first-order valence-corrected chi connectivity index (χ1v) is 21.6. The first kappa shape index (κ1) is 49.7. The van der Waals surface area contributed by atoms with Crippen LogP contribution in [-0.4, -0.2) is 97.5 Å². The highest BCUT2D eigenvalue weighted by Crippen LogP contribution is 2.57. The minimum absolute atomic E-state index is 0.0274. The SMILES string of the molecule is COC1C(n2ccc(=O)[nH]c2=O)OC(COP(=O)(OCCC#N)OCCC#N)(COP(=O)(OCCC#N)OCCC#N)[C@@H]1OP(OCCC#N)N(C(C)C)C(C)C. The molecule has 0 bridgehead atoms. The second-order valence-corrected chi connectivity index (χ2v) is 17.0. The Labute approximate surface area is 331 Å². The first-order chi connectivity index (χ1) is 27.2. The van der Waals surface area contributed by atoms with Gasteiger partial charge in [0, 0.05) is 31.5 Å². The van der Waals surface area contributed by atoms with Crippen LogP contribution in [0.2, 0.25) is 0 Å². The molecule has 1 aliphatic heterocycles. The largest absolute Gasteiger partial charge is 0.474 e. The second-order valence-electron chi connectivity index (χ2n) is 12.3. The molecule has 22 nitrogen and oxygen atoms in total. The van der Waals surface area contributed by atoms with Crippen molar-refractivity contribution in [3.05, 3.63) is 33.1 Å². The van der Waals surface area contributed by atoms with Gasteiger partial charge in [-0.25, -0.2) is 18.6 Å². The topological polar surface area (TPSA) is 303 Å². The molecule has 0 amide bonds. The summed E-state index contributed by atoms with van der Waals surface area (Å²) in [6.07, 6.45) is -4.21. The van der Waals surface area contributed by atoms with E-state index in [-0.39, 0.29) is 50.8 Å². The maximum atomic E-state index is 14.0. The zero-order chi connectivity index (χ0) is 42.5. The van der Waals surface area contributed by atoms with Crippen molar-refractivity contribution in [3.8, 4) is 30.3 Å². The molecule has 0 spiro atoms. The van der Waals surface area contributed by atoms with Gasteiger partial charge in [0.1, 0.15) is 17.8 Å². The van der Waals surface area contributed by atoms with Gasteiger partial charge in [0.2, 0.25) is 0 Å². The van der Waals surface area contributed by atoms with Crippen LogP contribution < -0.4 is 11.2 Å². The van der Waals surface area contributed by atoms with Crippen molar-refractivity contribution < 1.29 is 54.8 Å². The lowest BCUT2D eigenvalue weighted by Gasteiger charge is -2.41. The molecule has 0 aromatic carbocycles. The third kappa shape index (κ3) is 15.4. The fourth-order valence-corrected chi connectivity index (χ4v) is 9.41. The highest BCUT2D eigenvalue weighted by atomic mass is 31.2. The highest BCUT2D eigenvalue weighted by molar-refractivity contribution is 7.48. The number of nitrogens with one attached hydrogen (secondary N) is 1. The van der Waals surface area contributed by atoms with Gasteiger partial charge in [0.15, 0.2) is 6.23 Å². The van der Waals surface area contributed by atoms with Gasteiger partial charge in [-0.2, -0.15) is 26.3 Å². The lowest BCUT2D eigenvalue weighted by Crippen LogP contribution is -2.52. The Hall–Kier alpha value is -3.42. The van der Waals surface area contributed by atoms with Gasteiger partial charge in [0.05, 0.1) is 109 Å². The number of phosphoric acid groups is 2. The Kier molecular flexibility index (Phi) is 21.9. The summed E-state index contributed by atoms with van der Waals surface area (Å²) in [6, 6.07) is 9.91. The normalized spacial score (nSPS) is 18.5. The maximum Gasteiger partial charge on any atom is 0.474 e. The molecule has 1 fully saturated rings. The predicted octanol–water partition coefficient (Wildman–Crippen LogP) is 4.45. The fraction of sp³-hybridized carbons (Fsp3) is 0.719. The number of aromatic nitrogens is 2. The molecule has 3 unspecified atom stereocenters. The number of H-pyrrole nitrogens is 1. The quantitative estimate of drug-likeness (QED) is 0.0898. The van der Waals surface area contributed by atoms with Crippen molar-refractivity contribution in [2.45, 2.75) is 95.9 Å². The van der Waals surface area contributed by atoms with Gasteiger partial charge in [-0.1, -0.05) is 0 Å². The van der Waals surface area contributed by atoms with Crippen LogP contribution in [0.5, 0.6) is 0 Å². The van der Waals surface area contributed by atoms with E-state index in [9.17, 15) is 24.0 Å². The molecule has 1 N–H and O–H groups in total. The molecule has 2 rings (SSSR count). The molecule has 1 aliphatic rings. The monoisotopic (exact) mass is 860 g/mol. The van der Waals surface area contributed by atoms with Gasteiger partial charge in [-0.3, -0.25) is 41.5 Å². The summed E-state index contributed by atoms with van der Waals surface area (Å²) in [5.74, 6) is 0. The molecule has 0 aliphatic carbocycles. The van der Waals surface area contributed by atoms with Crippen LogP contribution in [0.15, 0.2) is 21.9 Å². The van der Waals surface area contributed by atoms with Gasteiger partial charge >= 0.3 is 21.3 Å². The summed E-state index contributed by atoms with van der Waals surface area (Å²) >= 11 is 0. The number of methoxy groups -OCH3 is 1. The molecule has 2 heterocycles. The van der Waals surface area contributed by atoms with Crippen LogP contribution in [0.4, 0.5) is 0 Å². The highest BCUT2D eigenvalue weighted by Gasteiger charge is 2.61. The molecule has 57 heavy (non-hydrogen) atoms. The number of nitriles is 5. The van der Waals surface area contributed by atoms with Crippen molar-refractivity contribution in [3.63, 3.8) is 0 Å². The molecule has 1 saturated heterocycles. The number of phosphoric ester groups is 2. The number of ether oxygens (including phenoxy) is 2. The van der Waals surface area contributed by atoms with E-state index in [1.54, 1.807) is 0 Å². The molecule has 0 radical (unpaired) electrons. The van der Waals surface area contributed by atoms with E-state index in [0.29, 0.717) is 0 Å². The summed E-state index contributed by atoms with van der Waals surface area (Å²) in [4.78, 5) is 27.5. The van der Waals surface area contributed by atoms with Crippen LogP contribution in [0, 0.1) is 56.7 Å². The van der Waals surface area contributed by atoms with Gasteiger partial charge in [-0.05, 0) is 27.7 Å². The predicted molar refractivity (Wildman–Crippen MR) is 197 cm³/mol. The van der Waals surface area contributed by atoms with E-state index >= 15 is 0 Å². The minimum Gasteiger partial charge on any atom is -0.374 e. The summed E-state index contributed by atoms with van der Waals surface area (Å²) < 4.78 is 89.3. The van der Waals surface area contributed by atoms with Crippen LogP contribution in [0.3, 0.4) is 0 Å². The molecule has 4 atom stereocenters. The number of hydrogen-bond acceptors (Lipinski definition) is 20. The third-order valence-electron chi connectivity index (χ3n) is 7.50. The summed E-state index contributed by atoms with van der Waals surface area (Å²) in [6.45, 7) is 3.89. The number of rotatable bonds is 28. The van der Waals surface area contributed by atoms with Crippen molar-refractivity contribution in [2.24, 2.45) is 0 Å². The Bertz CT molecular complexity index is 1730. The second kappa shape index (κ2) is 25.2. The standard InChI is InChI=1S/C32H47N8O14P3/c1-25(2)40(26(3)4)55(46-18-6-12-33)54-29-28(45-5)30(39-17-11-27(41)38-31(39)42)53-32(29,23-51-56(43,47-19-7-13-34)48-20-8-14-35)24-52-57(44,49-21-9-15-36)50-22-10-16-37/h11,17,25-26,28-30H,6-10,18-24H2,1-5H3,(H,38,41,42)/t28?,29-,30?,55?/m1/s1. The molecule has 0 saturated carbocycles. The fourth-order valence-electron chi connectivity index (χ4n) is 5.14. The van der Waals surface area contributed by atoms with Crippen LogP contribution >= 0.6 is 24.2 Å². The Balaban J connectivity index is 2.92. The van der Waals surface area contributed by atoms with Gasteiger partial charge in [-0.15, -0.1) is 0 Å². The van der Waals surface area contributed by atoms with Crippen molar-refractivity contribution >= 4 is 24.2 Å². The lowest BCUT2D eigenvalue weighted by molar-refractivity contribution is -0.146. The molecule has 25 heteroatoms. The molecular weight excluding hydrogens is 813 g/mol. The minimum atomic E-state index is -4.68. The van der Waals surface area contributed by atoms with E-state index < -0.39 is 99.1 Å². The summed E-state index contributed by atoms with van der Waals surface area (Å²) in [5.41, 5.74) is -3.87. The maximum absolute atomic E-state index is 14.0. The smallest absolute Gasteiger partial charge is 0.374 e. The van der Waals surface area contributed by atoms with Crippen LogP contribution in [0.25, 0.3) is 0 Å². The summed E-state index contributed by atoms with van der Waals surface area (Å²) in [7, 11) is -10.3. The number of aromatic amines is 1. The number of nitrogens with zero attached hydrogens (tertiary/aromatic N) is 7. The van der Waals surface area contributed by atoms with Crippen LogP contribution in [-0.2, 0) is 54.8 Å².